The number of rotatable bonds is 4. The molecular formula is C12H24O. The van der Waals surface area contributed by atoms with Crippen molar-refractivity contribution in [2.75, 3.05) is 0 Å². The molecule has 78 valence electrons. The lowest BCUT2D eigenvalue weighted by Crippen LogP contribution is -2.25. The summed E-state index contributed by atoms with van der Waals surface area (Å²) in [6.45, 7) is 6.57. The van der Waals surface area contributed by atoms with Crippen LogP contribution >= 0.6 is 0 Å². The quantitative estimate of drug-likeness (QED) is 0.646. The molecule has 0 heterocycles. The van der Waals surface area contributed by atoms with Gasteiger partial charge >= 0.3 is 0 Å². The van der Waals surface area contributed by atoms with Crippen molar-refractivity contribution in [3.05, 3.63) is 0 Å². The largest absolute Gasteiger partial charge is 0.376 e. The highest BCUT2D eigenvalue weighted by Gasteiger charge is 2.22. The van der Waals surface area contributed by atoms with Crippen molar-refractivity contribution in [3.8, 4) is 0 Å². The minimum atomic E-state index is 0.408. The second-order valence-electron chi connectivity index (χ2n) is 4.63. The lowest BCUT2D eigenvalue weighted by atomic mass is 9.84. The topological polar surface area (TPSA) is 9.23 Å². The fraction of sp³-hybridized carbons (Fsp3) is 1.00. The SMILES string of the molecule is CCCC1CCCC(OC(C)C)C1. The van der Waals surface area contributed by atoms with Crippen molar-refractivity contribution in [1.82, 2.24) is 0 Å². The average Bonchev–Trinajstić information content (AvgIpc) is 2.04. The molecule has 1 nitrogen and oxygen atoms in total. The number of hydrogen-bond donors (Lipinski definition) is 0. The molecule has 2 unspecified atom stereocenters. The van der Waals surface area contributed by atoms with Gasteiger partial charge in [-0.2, -0.15) is 0 Å². The van der Waals surface area contributed by atoms with Crippen LogP contribution in [0.25, 0.3) is 0 Å². The average molecular weight is 184 g/mol. The molecule has 1 heteroatoms. The van der Waals surface area contributed by atoms with Gasteiger partial charge in [-0.25, -0.2) is 0 Å². The molecule has 0 amide bonds. The molecule has 0 aromatic rings. The Labute approximate surface area is 82.9 Å². The first-order chi connectivity index (χ1) is 6.22. The van der Waals surface area contributed by atoms with Crippen LogP contribution in [0.4, 0.5) is 0 Å². The van der Waals surface area contributed by atoms with Crippen molar-refractivity contribution in [1.29, 1.82) is 0 Å². The highest BCUT2D eigenvalue weighted by molar-refractivity contribution is 4.73. The number of ether oxygens (including phenoxy) is 1. The van der Waals surface area contributed by atoms with E-state index >= 15 is 0 Å². The van der Waals surface area contributed by atoms with E-state index < -0.39 is 0 Å². The molecule has 0 N–H and O–H groups in total. The summed E-state index contributed by atoms with van der Waals surface area (Å²) in [5.41, 5.74) is 0. The summed E-state index contributed by atoms with van der Waals surface area (Å²) in [6, 6.07) is 0. The van der Waals surface area contributed by atoms with E-state index in [1.807, 2.05) is 0 Å². The van der Waals surface area contributed by atoms with Crippen LogP contribution in [0.3, 0.4) is 0 Å². The first-order valence-electron chi connectivity index (χ1n) is 5.87. The first kappa shape index (κ1) is 11.0. The predicted octanol–water partition coefficient (Wildman–Crippen LogP) is 3.77. The van der Waals surface area contributed by atoms with Crippen molar-refractivity contribution in [3.63, 3.8) is 0 Å². The van der Waals surface area contributed by atoms with E-state index in [4.69, 9.17) is 4.74 Å². The van der Waals surface area contributed by atoms with Crippen LogP contribution < -0.4 is 0 Å². The normalized spacial score (nSPS) is 29.5. The van der Waals surface area contributed by atoms with Crippen molar-refractivity contribution < 1.29 is 4.74 Å². The van der Waals surface area contributed by atoms with Gasteiger partial charge in [0.25, 0.3) is 0 Å². The van der Waals surface area contributed by atoms with Gasteiger partial charge in [-0.3, -0.25) is 0 Å². The van der Waals surface area contributed by atoms with Crippen LogP contribution in [0.1, 0.15) is 59.3 Å². The van der Waals surface area contributed by atoms with Gasteiger partial charge in [-0.05, 0) is 32.6 Å². The summed E-state index contributed by atoms with van der Waals surface area (Å²) in [5.74, 6) is 0.947. The molecule has 1 aliphatic rings. The Morgan fingerprint density at radius 3 is 2.69 bits per heavy atom. The molecule has 0 bridgehead atoms. The van der Waals surface area contributed by atoms with Gasteiger partial charge in [0.2, 0.25) is 0 Å². The predicted molar refractivity (Wildman–Crippen MR) is 56.9 cm³/mol. The molecule has 1 saturated carbocycles. The van der Waals surface area contributed by atoms with Gasteiger partial charge in [0.1, 0.15) is 0 Å². The monoisotopic (exact) mass is 184 g/mol. The van der Waals surface area contributed by atoms with Crippen molar-refractivity contribution in [2.24, 2.45) is 5.92 Å². The van der Waals surface area contributed by atoms with E-state index in [0.29, 0.717) is 12.2 Å². The highest BCUT2D eigenvalue weighted by Crippen LogP contribution is 2.29. The van der Waals surface area contributed by atoms with Crippen LogP contribution in [0.5, 0.6) is 0 Å². The molecule has 0 aromatic heterocycles. The summed E-state index contributed by atoms with van der Waals surface area (Å²) in [7, 11) is 0. The van der Waals surface area contributed by atoms with Crippen molar-refractivity contribution in [2.45, 2.75) is 71.5 Å². The third kappa shape index (κ3) is 4.12. The maximum atomic E-state index is 5.87. The fourth-order valence-electron chi connectivity index (χ4n) is 2.42. The Hall–Kier alpha value is -0.0400. The maximum absolute atomic E-state index is 5.87. The summed E-state index contributed by atoms with van der Waals surface area (Å²) in [4.78, 5) is 0. The maximum Gasteiger partial charge on any atom is 0.0581 e. The lowest BCUT2D eigenvalue weighted by molar-refractivity contribution is -0.0247. The summed E-state index contributed by atoms with van der Waals surface area (Å²) in [6.07, 6.45) is 9.12. The van der Waals surface area contributed by atoms with E-state index in [1.54, 1.807) is 0 Å². The Kier molecular flexibility index (Phi) is 4.79. The standard InChI is InChI=1S/C12H24O/c1-4-6-11-7-5-8-12(9-11)13-10(2)3/h10-12H,4-9H2,1-3H3. The number of hydrogen-bond acceptors (Lipinski definition) is 1. The summed E-state index contributed by atoms with van der Waals surface area (Å²) < 4.78 is 5.87. The highest BCUT2D eigenvalue weighted by atomic mass is 16.5. The second-order valence-corrected chi connectivity index (χ2v) is 4.63. The molecule has 13 heavy (non-hydrogen) atoms. The van der Waals surface area contributed by atoms with Gasteiger partial charge in [0.05, 0.1) is 12.2 Å². The van der Waals surface area contributed by atoms with E-state index in [0.717, 1.165) is 5.92 Å². The minimum Gasteiger partial charge on any atom is -0.376 e. The van der Waals surface area contributed by atoms with E-state index in [-0.39, 0.29) is 0 Å². The zero-order chi connectivity index (χ0) is 9.68. The minimum absolute atomic E-state index is 0.408. The molecule has 1 rings (SSSR count). The van der Waals surface area contributed by atoms with E-state index in [9.17, 15) is 0 Å². The van der Waals surface area contributed by atoms with Crippen LogP contribution in [0.15, 0.2) is 0 Å². The smallest absolute Gasteiger partial charge is 0.0581 e. The summed E-state index contributed by atoms with van der Waals surface area (Å²) >= 11 is 0. The van der Waals surface area contributed by atoms with E-state index in [2.05, 4.69) is 20.8 Å². The van der Waals surface area contributed by atoms with Crippen LogP contribution in [0, 0.1) is 5.92 Å². The zero-order valence-electron chi connectivity index (χ0n) is 9.38. The molecule has 2 atom stereocenters. The van der Waals surface area contributed by atoms with Gasteiger partial charge in [-0.15, -0.1) is 0 Å². The molecule has 0 saturated heterocycles. The van der Waals surface area contributed by atoms with Crippen LogP contribution in [-0.4, -0.2) is 12.2 Å². The fourth-order valence-corrected chi connectivity index (χ4v) is 2.42. The first-order valence-corrected chi connectivity index (χ1v) is 5.87. The second kappa shape index (κ2) is 5.64. The van der Waals surface area contributed by atoms with Gasteiger partial charge in [0, 0.05) is 0 Å². The third-order valence-corrected chi connectivity index (χ3v) is 2.90. The van der Waals surface area contributed by atoms with Crippen LogP contribution in [-0.2, 0) is 4.74 Å². The lowest BCUT2D eigenvalue weighted by Gasteiger charge is -2.30. The van der Waals surface area contributed by atoms with E-state index in [1.165, 1.54) is 38.5 Å². The van der Waals surface area contributed by atoms with Crippen LogP contribution in [0.2, 0.25) is 0 Å². The molecule has 1 aliphatic carbocycles. The Balaban J connectivity index is 2.24. The molecule has 1 fully saturated rings. The zero-order valence-corrected chi connectivity index (χ0v) is 9.38. The third-order valence-electron chi connectivity index (χ3n) is 2.90. The molecule has 0 radical (unpaired) electrons. The molecule has 0 aromatic carbocycles. The van der Waals surface area contributed by atoms with Gasteiger partial charge in [-0.1, -0.05) is 32.6 Å². The molecule has 0 spiro atoms. The van der Waals surface area contributed by atoms with Gasteiger partial charge < -0.3 is 4.74 Å². The van der Waals surface area contributed by atoms with Crippen molar-refractivity contribution >= 4 is 0 Å². The Morgan fingerprint density at radius 2 is 2.08 bits per heavy atom. The molecule has 0 aliphatic heterocycles. The summed E-state index contributed by atoms with van der Waals surface area (Å²) in [5, 5.41) is 0. The Bertz CT molecular complexity index is 129. The van der Waals surface area contributed by atoms with Gasteiger partial charge in [0.15, 0.2) is 0 Å². The Morgan fingerprint density at radius 1 is 1.31 bits per heavy atom. The molecular weight excluding hydrogens is 160 g/mol.